The highest BCUT2D eigenvalue weighted by molar-refractivity contribution is 7.97. The van der Waals surface area contributed by atoms with Gasteiger partial charge in [0, 0.05) is 0 Å². The maximum Gasteiger partial charge on any atom is 0.469 e. The topological polar surface area (TPSA) is 175 Å². The first-order chi connectivity index (χ1) is 11.5. The molecule has 0 saturated carbocycles. The molecular weight excluding hydrogens is 381 g/mol. The van der Waals surface area contributed by atoms with Gasteiger partial charge in [-0.25, -0.2) is 9.36 Å². The summed E-state index contributed by atoms with van der Waals surface area (Å²) in [5.41, 5.74) is -0.386. The molecule has 1 fully saturated rings. The average molecular weight is 396 g/mol. The first-order valence-electron chi connectivity index (χ1n) is 6.73. The minimum atomic E-state index is -4.81. The minimum Gasteiger partial charge on any atom is -0.477 e. The Hall–Kier alpha value is -1.37. The van der Waals surface area contributed by atoms with Crippen molar-refractivity contribution in [3.63, 3.8) is 0 Å². The summed E-state index contributed by atoms with van der Waals surface area (Å²) in [6, 6.07) is 1.07. The molecule has 5 N–H and O–H groups in total. The zero-order chi connectivity index (χ0) is 18.9. The molecule has 4 atom stereocenters. The number of aliphatic hydroxyl groups is 2. The minimum absolute atomic E-state index is 0.0940. The Morgan fingerprint density at radius 2 is 1.84 bits per heavy atom. The van der Waals surface area contributed by atoms with Gasteiger partial charge in [0.2, 0.25) is 5.12 Å². The maximum atomic E-state index is 11.4. The van der Waals surface area contributed by atoms with Crippen molar-refractivity contribution in [1.82, 2.24) is 0 Å². The summed E-state index contributed by atoms with van der Waals surface area (Å²) < 4.78 is 21.3. The molecule has 0 aromatic carbocycles. The molecule has 25 heavy (non-hydrogen) atoms. The van der Waals surface area contributed by atoms with E-state index >= 15 is 0 Å². The summed E-state index contributed by atoms with van der Waals surface area (Å²) in [5, 5.41) is 28.4. The molecule has 2 rings (SSSR count). The van der Waals surface area contributed by atoms with Gasteiger partial charge in [0.05, 0.1) is 12.2 Å². The molecule has 1 aliphatic heterocycles. The Bertz CT molecular complexity index is 704. The molecule has 0 spiro atoms. The van der Waals surface area contributed by atoms with E-state index in [1.54, 1.807) is 0 Å². The molecule has 11 nitrogen and oxygen atoms in total. The van der Waals surface area contributed by atoms with Gasteiger partial charge < -0.3 is 29.8 Å². The zero-order valence-corrected chi connectivity index (χ0v) is 14.2. The van der Waals surface area contributed by atoms with Crippen molar-refractivity contribution >= 4 is 31.5 Å². The molecule has 138 valence electrons. The largest absolute Gasteiger partial charge is 0.477 e. The maximum absolute atomic E-state index is 11.4. The lowest BCUT2D eigenvalue weighted by molar-refractivity contribution is -0.765. The number of hydrogen-bond donors (Lipinski definition) is 6. The summed E-state index contributed by atoms with van der Waals surface area (Å²) in [6.07, 6.45) is -3.51. The van der Waals surface area contributed by atoms with Gasteiger partial charge in [-0.2, -0.15) is 4.57 Å². The molecule has 0 radical (unpaired) electrons. The van der Waals surface area contributed by atoms with Crippen LogP contribution < -0.4 is 4.57 Å². The van der Waals surface area contributed by atoms with Crippen LogP contribution in [0.15, 0.2) is 18.5 Å². The summed E-state index contributed by atoms with van der Waals surface area (Å²) in [5.74, 6) is -1.35. The van der Waals surface area contributed by atoms with Crippen molar-refractivity contribution in [2.75, 3.05) is 6.61 Å². The van der Waals surface area contributed by atoms with E-state index in [0.717, 1.165) is 23.0 Å². The van der Waals surface area contributed by atoms with Gasteiger partial charge in [-0.1, -0.05) is 0 Å². The van der Waals surface area contributed by atoms with Gasteiger partial charge in [0.1, 0.15) is 17.8 Å². The molecule has 1 aromatic heterocycles. The fourth-order valence-corrected chi connectivity index (χ4v) is 2.73. The number of aromatic nitrogens is 1. The third-order valence-corrected chi connectivity index (χ3v) is 4.16. The first kappa shape index (κ1) is 19.9. The number of pyridine rings is 1. The fourth-order valence-electron chi connectivity index (χ4n) is 2.27. The Balaban J connectivity index is 2.30. The normalized spacial score (nSPS) is 26.6. The number of nitrogens with zero attached hydrogens (tertiary/aromatic N) is 1. The zero-order valence-electron chi connectivity index (χ0n) is 12.4. The molecule has 2 heterocycles. The number of carbonyl (C=O) groups is 2. The highest BCUT2D eigenvalue weighted by Gasteiger charge is 2.49. The average Bonchev–Trinajstić information content (AvgIpc) is 2.79. The van der Waals surface area contributed by atoms with Crippen LogP contribution in [-0.4, -0.2) is 61.1 Å². The quantitative estimate of drug-likeness (QED) is 0.188. The van der Waals surface area contributed by atoms with Gasteiger partial charge in [-0.15, -0.1) is 12.6 Å². The molecule has 1 aromatic rings. The molecule has 1 saturated heterocycles. The predicted octanol–water partition coefficient (Wildman–Crippen LogP) is -1.53. The van der Waals surface area contributed by atoms with Gasteiger partial charge in [0.15, 0.2) is 18.5 Å². The van der Waals surface area contributed by atoms with E-state index < -0.39 is 50.1 Å². The van der Waals surface area contributed by atoms with Crippen LogP contribution in [-0.2, 0) is 13.8 Å². The van der Waals surface area contributed by atoms with Crippen molar-refractivity contribution in [2.24, 2.45) is 0 Å². The Labute approximate surface area is 146 Å². The Morgan fingerprint density at radius 3 is 2.36 bits per heavy atom. The standard InChI is InChI=1S/C12H14NO10PS/c14-8-7(4-22-24(19,20)21)23-10(9(8)15)13-2-5(11(16)17)1-6(3-13)12(18)25/h1-3,7-10,14-15H,4H2,(H3-,16,17,18,19,20,21,25)/p+1/t7-,8-,9-,10-/m1/s1. The van der Waals surface area contributed by atoms with E-state index in [4.69, 9.17) is 19.6 Å². The number of carboxylic acid groups (broad SMARTS) is 1. The van der Waals surface area contributed by atoms with Crippen LogP contribution in [0.3, 0.4) is 0 Å². The van der Waals surface area contributed by atoms with E-state index in [9.17, 15) is 24.4 Å². The number of phosphoric ester groups is 1. The molecule has 0 aliphatic carbocycles. The van der Waals surface area contributed by atoms with Crippen LogP contribution in [0.2, 0.25) is 0 Å². The van der Waals surface area contributed by atoms with Crippen LogP contribution >= 0.6 is 20.5 Å². The first-order valence-corrected chi connectivity index (χ1v) is 8.71. The van der Waals surface area contributed by atoms with Crippen molar-refractivity contribution in [2.45, 2.75) is 24.5 Å². The van der Waals surface area contributed by atoms with Crippen LogP contribution in [0.25, 0.3) is 0 Å². The fraction of sp³-hybridized carbons (Fsp3) is 0.417. The number of aromatic carboxylic acids is 1. The van der Waals surface area contributed by atoms with Gasteiger partial charge in [-0.3, -0.25) is 9.32 Å². The third kappa shape index (κ3) is 4.84. The lowest BCUT2D eigenvalue weighted by Crippen LogP contribution is -2.46. The van der Waals surface area contributed by atoms with E-state index in [1.165, 1.54) is 0 Å². The number of aliphatic hydroxyl groups excluding tert-OH is 2. The SMILES string of the molecule is O=C(O)c1cc(C(=O)S)c[n+]([C@@H]2O[C@H](COP(=O)(O)O)[C@@H](O)[C@H]2O)c1. The second-order valence-corrected chi connectivity index (χ2v) is 6.85. The smallest absolute Gasteiger partial charge is 0.469 e. The van der Waals surface area contributed by atoms with Crippen molar-refractivity contribution in [3.05, 3.63) is 29.6 Å². The molecule has 0 unspecified atom stereocenters. The lowest BCUT2D eigenvalue weighted by Gasteiger charge is -2.13. The third-order valence-electron chi connectivity index (χ3n) is 3.42. The van der Waals surface area contributed by atoms with Crippen molar-refractivity contribution in [1.29, 1.82) is 0 Å². The summed E-state index contributed by atoms with van der Waals surface area (Å²) >= 11 is 3.61. The van der Waals surface area contributed by atoms with Gasteiger partial charge in [-0.05, 0) is 6.07 Å². The molecule has 1 aliphatic rings. The van der Waals surface area contributed by atoms with Crippen molar-refractivity contribution in [3.8, 4) is 0 Å². The van der Waals surface area contributed by atoms with E-state index in [2.05, 4.69) is 17.2 Å². The Kier molecular flexibility index (Phi) is 5.97. The summed E-state index contributed by atoms with van der Waals surface area (Å²) in [6.45, 7) is -0.712. The second kappa shape index (κ2) is 7.48. The van der Waals surface area contributed by atoms with Crippen molar-refractivity contribution < 1.29 is 53.1 Å². The number of carbonyl (C=O) groups excluding carboxylic acids is 1. The van der Waals surface area contributed by atoms with E-state index in [-0.39, 0.29) is 11.1 Å². The molecular formula is C12H15NO10PS+. The number of thiol groups is 1. The highest BCUT2D eigenvalue weighted by Crippen LogP contribution is 2.37. The van der Waals surface area contributed by atoms with Crippen LogP contribution in [0, 0.1) is 0 Å². The molecule has 0 amide bonds. The van der Waals surface area contributed by atoms with Crippen LogP contribution in [0.5, 0.6) is 0 Å². The highest BCUT2D eigenvalue weighted by atomic mass is 32.1. The Morgan fingerprint density at radius 1 is 1.24 bits per heavy atom. The summed E-state index contributed by atoms with van der Waals surface area (Å²) in [4.78, 5) is 39.9. The summed E-state index contributed by atoms with van der Waals surface area (Å²) in [7, 11) is -4.81. The van der Waals surface area contributed by atoms with E-state index in [1.807, 2.05) is 0 Å². The molecule has 0 bridgehead atoms. The monoisotopic (exact) mass is 396 g/mol. The number of phosphoric acid groups is 1. The molecule has 13 heteroatoms. The van der Waals surface area contributed by atoms with Gasteiger partial charge >= 0.3 is 13.8 Å². The number of carboxylic acids is 1. The predicted molar refractivity (Wildman–Crippen MR) is 80.8 cm³/mol. The number of ether oxygens (including phenoxy) is 1. The lowest BCUT2D eigenvalue weighted by atomic mass is 10.1. The van der Waals surface area contributed by atoms with Crippen LogP contribution in [0.4, 0.5) is 0 Å². The van der Waals surface area contributed by atoms with Crippen LogP contribution in [0.1, 0.15) is 26.9 Å². The van der Waals surface area contributed by atoms with E-state index in [0.29, 0.717) is 0 Å². The second-order valence-electron chi connectivity index (χ2n) is 5.20. The number of hydrogen-bond acceptors (Lipinski definition) is 7. The van der Waals surface area contributed by atoms with Gasteiger partial charge in [0.25, 0.3) is 6.23 Å². The number of rotatable bonds is 6.